The van der Waals surface area contributed by atoms with Gasteiger partial charge in [0.15, 0.2) is 0 Å². The Morgan fingerprint density at radius 3 is 2.13 bits per heavy atom. The lowest BCUT2D eigenvalue weighted by Gasteiger charge is -2.13. The first-order valence-corrected chi connectivity index (χ1v) is 5.29. The maximum atomic E-state index is 11.6. The Bertz CT molecular complexity index is 446. The van der Waals surface area contributed by atoms with Crippen LogP contribution in [0.25, 0.3) is 0 Å². The highest BCUT2D eigenvalue weighted by molar-refractivity contribution is 9.12. The van der Waals surface area contributed by atoms with E-state index in [4.69, 9.17) is 11.6 Å². The van der Waals surface area contributed by atoms with Crippen molar-refractivity contribution in [3.8, 4) is 0 Å². The molecule has 2 rings (SSSR count). The number of para-hydroxylation sites is 1. The number of carbonyl (C=O) groups excluding carboxylic acids is 2. The number of nitrogens with zero attached hydrogens (tertiary/aromatic N) is 1. The van der Waals surface area contributed by atoms with Gasteiger partial charge in [-0.05, 0) is 28.1 Å². The normalized spacial score (nSPS) is 16.5. The van der Waals surface area contributed by atoms with Crippen LogP contribution in [0.1, 0.15) is 0 Å². The second-order valence-corrected chi connectivity index (χ2v) is 4.08. The number of hydrogen-bond donors (Lipinski definition) is 0. The fraction of sp³-hybridized carbons (Fsp3) is 0. The highest BCUT2D eigenvalue weighted by Crippen LogP contribution is 2.31. The van der Waals surface area contributed by atoms with Gasteiger partial charge in [-0.1, -0.05) is 29.8 Å². The van der Waals surface area contributed by atoms with Crippen LogP contribution in [0, 0.1) is 0 Å². The standard InChI is InChI=1S/C10H5BrClNO2/c11-7-8(12)10(15)13(9(7)14)6-4-2-1-3-5-6/h1-5H. The molecule has 2 amide bonds. The van der Waals surface area contributed by atoms with Gasteiger partial charge < -0.3 is 0 Å². The zero-order valence-electron chi connectivity index (χ0n) is 7.41. The molecule has 1 aliphatic heterocycles. The minimum absolute atomic E-state index is 0.0798. The maximum Gasteiger partial charge on any atom is 0.278 e. The molecule has 0 radical (unpaired) electrons. The lowest BCUT2D eigenvalue weighted by atomic mass is 10.3. The van der Waals surface area contributed by atoms with Crippen molar-refractivity contribution in [3.63, 3.8) is 0 Å². The van der Waals surface area contributed by atoms with Gasteiger partial charge in [0.2, 0.25) is 0 Å². The number of rotatable bonds is 1. The Morgan fingerprint density at radius 1 is 1.07 bits per heavy atom. The zero-order valence-corrected chi connectivity index (χ0v) is 9.75. The van der Waals surface area contributed by atoms with E-state index in [1.54, 1.807) is 30.3 Å². The van der Waals surface area contributed by atoms with Gasteiger partial charge in [0.25, 0.3) is 11.8 Å². The highest BCUT2D eigenvalue weighted by atomic mass is 79.9. The molecular formula is C10H5BrClNO2. The third-order valence-electron chi connectivity index (χ3n) is 1.99. The van der Waals surface area contributed by atoms with Crippen molar-refractivity contribution >= 4 is 45.0 Å². The molecule has 5 heteroatoms. The van der Waals surface area contributed by atoms with E-state index in [0.29, 0.717) is 5.69 Å². The molecule has 76 valence electrons. The molecule has 0 N–H and O–H groups in total. The van der Waals surface area contributed by atoms with Crippen LogP contribution in [0.15, 0.2) is 39.8 Å². The Kier molecular flexibility index (Phi) is 2.63. The van der Waals surface area contributed by atoms with Crippen LogP contribution in [0.5, 0.6) is 0 Å². The Morgan fingerprint density at radius 2 is 1.67 bits per heavy atom. The molecule has 0 saturated heterocycles. The minimum Gasteiger partial charge on any atom is -0.268 e. The second-order valence-electron chi connectivity index (χ2n) is 2.91. The summed E-state index contributed by atoms with van der Waals surface area (Å²) in [5.41, 5.74) is 0.514. The van der Waals surface area contributed by atoms with E-state index in [0.717, 1.165) is 4.90 Å². The summed E-state index contributed by atoms with van der Waals surface area (Å²) in [6, 6.07) is 8.64. The van der Waals surface area contributed by atoms with Gasteiger partial charge in [0.1, 0.15) is 9.51 Å². The Labute approximate surface area is 99.4 Å². The summed E-state index contributed by atoms with van der Waals surface area (Å²) < 4.78 is 0.109. The largest absolute Gasteiger partial charge is 0.278 e. The predicted octanol–water partition coefficient (Wildman–Crippen LogP) is 2.41. The first-order valence-electron chi connectivity index (χ1n) is 4.12. The maximum absolute atomic E-state index is 11.6. The molecule has 3 nitrogen and oxygen atoms in total. The van der Waals surface area contributed by atoms with Crippen LogP contribution in [0.3, 0.4) is 0 Å². The quantitative estimate of drug-likeness (QED) is 0.744. The van der Waals surface area contributed by atoms with Crippen molar-refractivity contribution < 1.29 is 9.59 Å². The van der Waals surface area contributed by atoms with Crippen molar-refractivity contribution in [2.24, 2.45) is 0 Å². The van der Waals surface area contributed by atoms with E-state index in [9.17, 15) is 9.59 Å². The molecular weight excluding hydrogens is 281 g/mol. The molecule has 1 aromatic rings. The van der Waals surface area contributed by atoms with Crippen molar-refractivity contribution in [3.05, 3.63) is 39.8 Å². The summed E-state index contributed by atoms with van der Waals surface area (Å²) >= 11 is 8.66. The number of amides is 2. The molecule has 1 heterocycles. The molecule has 1 aliphatic rings. The summed E-state index contributed by atoms with van der Waals surface area (Å²) in [6.07, 6.45) is 0. The summed E-state index contributed by atoms with van der Waals surface area (Å²) in [5, 5.41) is -0.0798. The lowest BCUT2D eigenvalue weighted by molar-refractivity contribution is -0.120. The van der Waals surface area contributed by atoms with Gasteiger partial charge >= 0.3 is 0 Å². The van der Waals surface area contributed by atoms with Crippen LogP contribution in [-0.2, 0) is 9.59 Å². The van der Waals surface area contributed by atoms with Crippen molar-refractivity contribution in [1.82, 2.24) is 0 Å². The minimum atomic E-state index is -0.500. The van der Waals surface area contributed by atoms with Crippen molar-refractivity contribution in [1.29, 1.82) is 0 Å². The van der Waals surface area contributed by atoms with Crippen LogP contribution in [0.4, 0.5) is 5.69 Å². The fourth-order valence-electron chi connectivity index (χ4n) is 1.29. The molecule has 0 atom stereocenters. The first kappa shape index (κ1) is 10.4. The summed E-state index contributed by atoms with van der Waals surface area (Å²) in [7, 11) is 0. The van der Waals surface area contributed by atoms with E-state index < -0.39 is 11.8 Å². The third-order valence-corrected chi connectivity index (χ3v) is 3.30. The molecule has 0 aliphatic carbocycles. The van der Waals surface area contributed by atoms with Gasteiger partial charge in [-0.15, -0.1) is 0 Å². The number of halogens is 2. The van der Waals surface area contributed by atoms with Gasteiger partial charge in [0.05, 0.1) is 5.69 Å². The molecule has 0 saturated carbocycles. The monoisotopic (exact) mass is 285 g/mol. The van der Waals surface area contributed by atoms with Gasteiger partial charge in [-0.2, -0.15) is 0 Å². The number of carbonyl (C=O) groups is 2. The first-order chi connectivity index (χ1) is 7.13. The molecule has 0 unspecified atom stereocenters. The van der Waals surface area contributed by atoms with E-state index in [-0.39, 0.29) is 9.51 Å². The number of benzene rings is 1. The summed E-state index contributed by atoms with van der Waals surface area (Å²) in [4.78, 5) is 24.3. The van der Waals surface area contributed by atoms with Crippen LogP contribution < -0.4 is 4.90 Å². The molecule has 0 fully saturated rings. The Balaban J connectivity index is 2.44. The Hall–Kier alpha value is -1.13. The summed E-state index contributed by atoms with van der Waals surface area (Å²) in [6.45, 7) is 0. The molecule has 0 bridgehead atoms. The second kappa shape index (κ2) is 3.79. The third kappa shape index (κ3) is 1.60. The van der Waals surface area contributed by atoms with E-state index >= 15 is 0 Å². The predicted molar refractivity (Wildman–Crippen MR) is 60.7 cm³/mol. The lowest BCUT2D eigenvalue weighted by Crippen LogP contribution is -2.30. The molecule has 15 heavy (non-hydrogen) atoms. The molecule has 1 aromatic carbocycles. The van der Waals surface area contributed by atoms with Crippen molar-refractivity contribution in [2.75, 3.05) is 4.90 Å². The average Bonchev–Trinajstić information content (AvgIpc) is 2.45. The van der Waals surface area contributed by atoms with Gasteiger partial charge in [0, 0.05) is 0 Å². The van der Waals surface area contributed by atoms with Crippen LogP contribution >= 0.6 is 27.5 Å². The SMILES string of the molecule is O=C1C(Cl)=C(Br)C(=O)N1c1ccccc1. The smallest absolute Gasteiger partial charge is 0.268 e. The van der Waals surface area contributed by atoms with Gasteiger partial charge in [-0.3, -0.25) is 9.59 Å². The zero-order chi connectivity index (χ0) is 11.0. The highest BCUT2D eigenvalue weighted by Gasteiger charge is 2.37. The van der Waals surface area contributed by atoms with E-state index in [2.05, 4.69) is 15.9 Å². The number of hydrogen-bond acceptors (Lipinski definition) is 2. The van der Waals surface area contributed by atoms with Crippen LogP contribution in [0.2, 0.25) is 0 Å². The van der Waals surface area contributed by atoms with Crippen LogP contribution in [-0.4, -0.2) is 11.8 Å². The summed E-state index contributed by atoms with van der Waals surface area (Å²) in [5.74, 6) is -0.934. The number of imide groups is 1. The topological polar surface area (TPSA) is 37.4 Å². The van der Waals surface area contributed by atoms with E-state index in [1.807, 2.05) is 0 Å². The fourth-order valence-corrected chi connectivity index (χ4v) is 1.80. The van der Waals surface area contributed by atoms with Crippen molar-refractivity contribution in [2.45, 2.75) is 0 Å². The molecule has 0 aromatic heterocycles. The molecule has 0 spiro atoms. The number of anilines is 1. The van der Waals surface area contributed by atoms with Gasteiger partial charge in [-0.25, -0.2) is 4.90 Å². The van der Waals surface area contributed by atoms with E-state index in [1.165, 1.54) is 0 Å². The average molecular weight is 287 g/mol.